The van der Waals surface area contributed by atoms with Gasteiger partial charge in [-0.2, -0.15) is 0 Å². The van der Waals surface area contributed by atoms with Crippen molar-refractivity contribution in [3.63, 3.8) is 0 Å². The molecule has 3 aliphatic rings. The third-order valence-electron chi connectivity index (χ3n) is 7.67. The Morgan fingerprint density at radius 3 is 2.57 bits per heavy atom. The molecule has 1 fully saturated rings. The molecule has 0 saturated heterocycles. The first-order valence-electron chi connectivity index (χ1n) is 12.5. The Balaban J connectivity index is 1.39. The summed E-state index contributed by atoms with van der Waals surface area (Å²) < 4.78 is 19.5. The third kappa shape index (κ3) is 4.68. The van der Waals surface area contributed by atoms with Crippen LogP contribution >= 0.6 is 0 Å². The average molecular weight is 482 g/mol. The molecule has 35 heavy (non-hydrogen) atoms. The molecular weight excluding hydrogens is 445 g/mol. The van der Waals surface area contributed by atoms with Gasteiger partial charge in [0.15, 0.2) is 17.9 Å². The lowest BCUT2D eigenvalue weighted by molar-refractivity contribution is 0.126. The van der Waals surface area contributed by atoms with Crippen LogP contribution in [0, 0.1) is 11.7 Å². The monoisotopic (exact) mass is 481 g/mol. The zero-order valence-corrected chi connectivity index (χ0v) is 20.3. The first-order chi connectivity index (χ1) is 17.0. The molecule has 2 heterocycles. The lowest BCUT2D eigenvalue weighted by atomic mass is 9.88. The molecule has 0 aromatic heterocycles. The average Bonchev–Trinajstić information content (AvgIpc) is 3.19. The zero-order valence-electron chi connectivity index (χ0n) is 20.3. The summed E-state index contributed by atoms with van der Waals surface area (Å²) in [7, 11) is 1.43. The summed E-state index contributed by atoms with van der Waals surface area (Å²) in [6.07, 6.45) is 6.10. The Hall–Kier alpha value is -2.88. The second-order valence-corrected chi connectivity index (χ2v) is 9.84. The van der Waals surface area contributed by atoms with Gasteiger partial charge in [-0.25, -0.2) is 14.3 Å². The molecule has 9 heteroatoms. The molecule has 0 amide bonds. The zero-order chi connectivity index (χ0) is 24.5. The van der Waals surface area contributed by atoms with Crippen molar-refractivity contribution in [2.75, 3.05) is 30.0 Å². The van der Waals surface area contributed by atoms with Gasteiger partial charge >= 0.3 is 0 Å². The van der Waals surface area contributed by atoms with Gasteiger partial charge in [-0.3, -0.25) is 16.4 Å². The minimum atomic E-state index is -0.685. The maximum absolute atomic E-state index is 14.5. The van der Waals surface area contributed by atoms with Gasteiger partial charge in [0.25, 0.3) is 0 Å². The van der Waals surface area contributed by atoms with Crippen molar-refractivity contribution in [3.8, 4) is 5.75 Å². The number of benzene rings is 2. The molecule has 6 N–H and O–H groups in total. The van der Waals surface area contributed by atoms with Crippen LogP contribution in [0.4, 0.5) is 15.8 Å². The van der Waals surface area contributed by atoms with E-state index in [0.29, 0.717) is 18.2 Å². The summed E-state index contributed by atoms with van der Waals surface area (Å²) >= 11 is 0. The smallest absolute Gasteiger partial charge is 0.201 e. The van der Waals surface area contributed by atoms with Crippen LogP contribution in [-0.2, 0) is 6.42 Å². The van der Waals surface area contributed by atoms with Crippen LogP contribution in [0.2, 0.25) is 0 Å². The van der Waals surface area contributed by atoms with E-state index in [1.165, 1.54) is 56.5 Å². The summed E-state index contributed by atoms with van der Waals surface area (Å²) in [5.41, 5.74) is 22.5. The van der Waals surface area contributed by atoms with Crippen LogP contribution in [0.1, 0.15) is 37.7 Å². The maximum atomic E-state index is 14.5. The van der Waals surface area contributed by atoms with Crippen LogP contribution in [0.3, 0.4) is 0 Å². The van der Waals surface area contributed by atoms with Gasteiger partial charge in [0.1, 0.15) is 6.29 Å². The number of hydrogen-bond donors (Lipinski definition) is 3. The molecule has 8 nitrogen and oxygen atoms in total. The predicted octanol–water partition coefficient (Wildman–Crippen LogP) is 2.77. The van der Waals surface area contributed by atoms with E-state index in [2.05, 4.69) is 34.2 Å². The number of hydrogen-bond acceptors (Lipinski definition) is 8. The summed E-state index contributed by atoms with van der Waals surface area (Å²) in [6, 6.07) is 13.5. The number of rotatable bonds is 6. The number of para-hydroxylation sites is 1. The standard InChI is InChI=1S/C26H36FN7O/c1-35-23-12-11-19(14-21(23)27)34-25(29)31-24(28)33(26(34)30)16-20-13-18-9-5-6-10-22(18)32(20)15-17-7-3-2-4-8-17/h5-6,9-12,14,17,20,24,26H,2-4,7-8,13,15-16,28,30H2,1H3,(H2,29,31). The topological polar surface area (TPSA) is 109 Å². The molecule has 188 valence electrons. The van der Waals surface area contributed by atoms with Crippen molar-refractivity contribution in [3.05, 3.63) is 53.8 Å². The van der Waals surface area contributed by atoms with E-state index in [1.54, 1.807) is 17.0 Å². The Labute approximate surface area is 206 Å². The third-order valence-corrected chi connectivity index (χ3v) is 7.67. The number of fused-ring (bicyclic) bond motifs is 1. The highest BCUT2D eigenvalue weighted by atomic mass is 19.1. The fourth-order valence-electron chi connectivity index (χ4n) is 5.84. The van der Waals surface area contributed by atoms with Crippen LogP contribution in [0.25, 0.3) is 0 Å². The van der Waals surface area contributed by atoms with Crippen LogP contribution < -0.4 is 31.7 Å². The number of anilines is 2. The molecular formula is C26H36FN7O. The van der Waals surface area contributed by atoms with Gasteiger partial charge in [-0.15, -0.1) is 0 Å². The highest BCUT2D eigenvalue weighted by Gasteiger charge is 2.39. The molecule has 0 radical (unpaired) electrons. The Morgan fingerprint density at radius 2 is 1.83 bits per heavy atom. The van der Waals surface area contributed by atoms with Crippen molar-refractivity contribution in [2.45, 2.75) is 57.1 Å². The number of guanidine groups is 1. The van der Waals surface area contributed by atoms with Gasteiger partial charge in [-0.1, -0.05) is 37.5 Å². The van der Waals surface area contributed by atoms with Crippen molar-refractivity contribution in [1.29, 1.82) is 0 Å². The second kappa shape index (κ2) is 10.0. The quantitative estimate of drug-likeness (QED) is 0.582. The molecule has 2 aliphatic heterocycles. The van der Waals surface area contributed by atoms with Gasteiger partial charge in [0.05, 0.1) is 7.11 Å². The maximum Gasteiger partial charge on any atom is 0.201 e. The lowest BCUT2D eigenvalue weighted by Gasteiger charge is -2.45. The SMILES string of the molecule is COc1ccc(N2C(N)=NC(N)N(CC3Cc4ccccc4N3CC3CCCCC3)C2N)cc1F. The van der Waals surface area contributed by atoms with E-state index in [1.807, 2.05) is 4.90 Å². The van der Waals surface area contributed by atoms with Crippen LogP contribution in [0.5, 0.6) is 5.75 Å². The minimum absolute atomic E-state index is 0.158. The first-order valence-corrected chi connectivity index (χ1v) is 12.5. The summed E-state index contributed by atoms with van der Waals surface area (Å²) in [4.78, 5) is 10.6. The summed E-state index contributed by atoms with van der Waals surface area (Å²) in [5, 5.41) is 0. The number of methoxy groups -OCH3 is 1. The highest BCUT2D eigenvalue weighted by molar-refractivity contribution is 5.96. The van der Waals surface area contributed by atoms with Gasteiger partial charge in [0, 0.05) is 36.6 Å². The molecule has 3 unspecified atom stereocenters. The largest absolute Gasteiger partial charge is 0.494 e. The number of nitrogens with two attached hydrogens (primary N) is 3. The highest BCUT2D eigenvalue weighted by Crippen LogP contribution is 2.36. The number of halogens is 1. The number of nitrogens with zero attached hydrogens (tertiary/aromatic N) is 4. The number of aliphatic imine (C=N–C) groups is 1. The van der Waals surface area contributed by atoms with E-state index in [-0.39, 0.29) is 17.8 Å². The van der Waals surface area contributed by atoms with Gasteiger partial charge in [0.2, 0.25) is 5.96 Å². The van der Waals surface area contributed by atoms with E-state index in [4.69, 9.17) is 21.9 Å². The van der Waals surface area contributed by atoms with Crippen molar-refractivity contribution < 1.29 is 9.13 Å². The predicted molar refractivity (Wildman–Crippen MR) is 138 cm³/mol. The Morgan fingerprint density at radius 1 is 1.06 bits per heavy atom. The van der Waals surface area contributed by atoms with E-state index < -0.39 is 18.4 Å². The molecule has 0 bridgehead atoms. The fourth-order valence-corrected chi connectivity index (χ4v) is 5.84. The van der Waals surface area contributed by atoms with E-state index in [0.717, 1.165) is 13.0 Å². The van der Waals surface area contributed by atoms with Crippen molar-refractivity contribution in [2.24, 2.45) is 28.1 Å². The van der Waals surface area contributed by atoms with E-state index in [9.17, 15) is 4.39 Å². The summed E-state index contributed by atoms with van der Waals surface area (Å²) in [5.74, 6) is 0.537. The van der Waals surface area contributed by atoms with Crippen LogP contribution in [-0.4, -0.2) is 49.7 Å². The normalized spacial score (nSPS) is 25.5. The van der Waals surface area contributed by atoms with E-state index >= 15 is 0 Å². The molecule has 1 saturated carbocycles. The summed E-state index contributed by atoms with van der Waals surface area (Å²) in [6.45, 7) is 1.66. The fraction of sp³-hybridized carbons (Fsp3) is 0.500. The Kier molecular flexibility index (Phi) is 6.82. The minimum Gasteiger partial charge on any atom is -0.494 e. The first kappa shape index (κ1) is 23.8. The Bertz CT molecular complexity index is 1070. The second-order valence-electron chi connectivity index (χ2n) is 9.84. The van der Waals surface area contributed by atoms with Gasteiger partial charge in [-0.05, 0) is 48.9 Å². The molecule has 2 aromatic carbocycles. The molecule has 3 atom stereocenters. The van der Waals surface area contributed by atoms with Gasteiger partial charge < -0.3 is 15.4 Å². The molecule has 5 rings (SSSR count). The lowest BCUT2D eigenvalue weighted by Crippen LogP contribution is -2.68. The molecule has 1 aliphatic carbocycles. The van der Waals surface area contributed by atoms with Crippen molar-refractivity contribution >= 4 is 17.3 Å². The molecule has 0 spiro atoms. The molecule has 2 aromatic rings. The number of ether oxygens (including phenoxy) is 1. The van der Waals surface area contributed by atoms with Crippen molar-refractivity contribution in [1.82, 2.24) is 4.90 Å². The van der Waals surface area contributed by atoms with Crippen LogP contribution in [0.15, 0.2) is 47.5 Å².